The summed E-state index contributed by atoms with van der Waals surface area (Å²) in [6.45, 7) is 3.83. The summed E-state index contributed by atoms with van der Waals surface area (Å²) >= 11 is 0. The summed E-state index contributed by atoms with van der Waals surface area (Å²) in [7, 11) is 0. The second-order valence-corrected chi connectivity index (χ2v) is 6.08. The Hall–Kier alpha value is -1.62. The van der Waals surface area contributed by atoms with Gasteiger partial charge in [-0.25, -0.2) is 4.98 Å². The number of hydrogen-bond donors (Lipinski definition) is 2. The predicted octanol–water partition coefficient (Wildman–Crippen LogP) is 1.75. The van der Waals surface area contributed by atoms with Crippen molar-refractivity contribution in [3.63, 3.8) is 0 Å². The van der Waals surface area contributed by atoms with Gasteiger partial charge < -0.3 is 16.0 Å². The first-order valence-corrected chi connectivity index (χ1v) is 7.39. The fraction of sp³-hybridized carbons (Fsp3) is 0.600. The van der Waals surface area contributed by atoms with Crippen LogP contribution in [0.25, 0.3) is 0 Å². The molecular weight excluding hydrogens is 252 g/mol. The van der Waals surface area contributed by atoms with Gasteiger partial charge in [0.15, 0.2) is 5.82 Å². The van der Waals surface area contributed by atoms with Crippen LogP contribution in [0, 0.1) is 5.92 Å². The van der Waals surface area contributed by atoms with Gasteiger partial charge >= 0.3 is 0 Å². The largest absolute Gasteiger partial charge is 0.355 e. The van der Waals surface area contributed by atoms with Crippen molar-refractivity contribution >= 4 is 17.4 Å². The molecule has 1 saturated carbocycles. The molecule has 1 unspecified atom stereocenters. The number of anilines is 2. The number of nitrogens with two attached hydrogens (primary N) is 1. The summed E-state index contributed by atoms with van der Waals surface area (Å²) < 4.78 is 0. The van der Waals surface area contributed by atoms with Crippen LogP contribution >= 0.6 is 0 Å². The van der Waals surface area contributed by atoms with E-state index in [-0.39, 0.29) is 5.91 Å². The number of nitrogens with zero attached hydrogens (tertiary/aromatic N) is 2. The molecule has 1 aromatic rings. The van der Waals surface area contributed by atoms with E-state index in [1.807, 2.05) is 19.1 Å². The van der Waals surface area contributed by atoms with E-state index >= 15 is 0 Å². The highest BCUT2D eigenvalue weighted by atomic mass is 16.2. The van der Waals surface area contributed by atoms with Crippen molar-refractivity contribution in [3.05, 3.63) is 18.3 Å². The number of rotatable bonds is 4. The number of carbonyl (C=O) groups is 1. The van der Waals surface area contributed by atoms with Crippen molar-refractivity contribution in [2.75, 3.05) is 23.3 Å². The second kappa shape index (κ2) is 5.05. The Morgan fingerprint density at radius 1 is 1.45 bits per heavy atom. The summed E-state index contributed by atoms with van der Waals surface area (Å²) in [6, 6.07) is 3.75. The van der Waals surface area contributed by atoms with E-state index in [2.05, 4.69) is 15.2 Å². The molecule has 1 saturated heterocycles. The molecule has 3 N–H and O–H groups in total. The molecule has 2 aliphatic rings. The molecule has 2 fully saturated rings. The van der Waals surface area contributed by atoms with E-state index < -0.39 is 5.54 Å². The van der Waals surface area contributed by atoms with Gasteiger partial charge in [0, 0.05) is 19.3 Å². The maximum absolute atomic E-state index is 12.4. The van der Waals surface area contributed by atoms with Gasteiger partial charge in [0.25, 0.3) is 0 Å². The Bertz CT molecular complexity index is 504. The molecular formula is C15H22N4O. The van der Waals surface area contributed by atoms with E-state index in [0.29, 0.717) is 5.92 Å². The van der Waals surface area contributed by atoms with Crippen LogP contribution in [-0.2, 0) is 4.79 Å². The van der Waals surface area contributed by atoms with E-state index in [1.54, 1.807) is 6.20 Å². The standard InChI is InChI=1S/C15H22N4O/c1-15(16,11-6-7-11)14(20)18-12-5-4-8-17-13(12)19-9-2-3-10-19/h4-5,8,11H,2-3,6-7,9-10,16H2,1H3,(H,18,20). The summed E-state index contributed by atoms with van der Waals surface area (Å²) in [5.74, 6) is 1.08. The lowest BCUT2D eigenvalue weighted by atomic mass is 9.96. The SMILES string of the molecule is CC(N)(C(=O)Nc1cccnc1N1CCCC1)C1CC1. The van der Waals surface area contributed by atoms with Crippen molar-refractivity contribution in [1.29, 1.82) is 0 Å². The van der Waals surface area contributed by atoms with Crippen LogP contribution in [-0.4, -0.2) is 29.5 Å². The minimum absolute atomic E-state index is 0.103. The molecule has 108 valence electrons. The Kier molecular flexibility index (Phi) is 3.38. The molecule has 0 spiro atoms. The summed E-state index contributed by atoms with van der Waals surface area (Å²) in [5, 5.41) is 2.98. The highest BCUT2D eigenvalue weighted by Crippen LogP contribution is 2.39. The molecule has 2 heterocycles. The Morgan fingerprint density at radius 3 is 2.80 bits per heavy atom. The highest BCUT2D eigenvalue weighted by molar-refractivity contribution is 6.00. The molecule has 1 aliphatic carbocycles. The maximum atomic E-state index is 12.4. The third-order valence-electron chi connectivity index (χ3n) is 4.36. The van der Waals surface area contributed by atoms with Crippen molar-refractivity contribution in [3.8, 4) is 0 Å². The van der Waals surface area contributed by atoms with Gasteiger partial charge in [-0.15, -0.1) is 0 Å². The molecule has 1 amide bonds. The molecule has 1 aliphatic heterocycles. The average molecular weight is 274 g/mol. The minimum atomic E-state index is -0.780. The monoisotopic (exact) mass is 274 g/mol. The van der Waals surface area contributed by atoms with Gasteiger partial charge in [-0.2, -0.15) is 0 Å². The lowest BCUT2D eigenvalue weighted by molar-refractivity contribution is -0.121. The van der Waals surface area contributed by atoms with Crippen LogP contribution in [0.1, 0.15) is 32.6 Å². The molecule has 1 atom stereocenters. The third-order valence-corrected chi connectivity index (χ3v) is 4.36. The van der Waals surface area contributed by atoms with Gasteiger partial charge in [-0.1, -0.05) is 0 Å². The molecule has 5 nitrogen and oxygen atoms in total. The quantitative estimate of drug-likeness (QED) is 0.877. The highest BCUT2D eigenvalue weighted by Gasteiger charge is 2.44. The number of aromatic nitrogens is 1. The molecule has 1 aromatic heterocycles. The van der Waals surface area contributed by atoms with Crippen molar-refractivity contribution in [2.45, 2.75) is 38.1 Å². The summed E-state index contributed by atoms with van der Waals surface area (Å²) in [4.78, 5) is 19.0. The third kappa shape index (κ3) is 2.50. The average Bonchev–Trinajstić information content (AvgIpc) is 3.17. The van der Waals surface area contributed by atoms with Crippen LogP contribution in [0.3, 0.4) is 0 Å². The molecule has 3 rings (SSSR count). The number of pyridine rings is 1. The molecule has 20 heavy (non-hydrogen) atoms. The van der Waals surface area contributed by atoms with Crippen LogP contribution in [0.2, 0.25) is 0 Å². The van der Waals surface area contributed by atoms with Crippen molar-refractivity contribution < 1.29 is 4.79 Å². The van der Waals surface area contributed by atoms with Gasteiger partial charge in [-0.3, -0.25) is 4.79 Å². The fourth-order valence-electron chi connectivity index (χ4n) is 2.80. The van der Waals surface area contributed by atoms with Crippen LogP contribution < -0.4 is 16.0 Å². The number of amides is 1. The first-order valence-electron chi connectivity index (χ1n) is 7.39. The molecule has 0 radical (unpaired) electrons. The fourth-order valence-corrected chi connectivity index (χ4v) is 2.80. The lowest BCUT2D eigenvalue weighted by Gasteiger charge is -2.25. The van der Waals surface area contributed by atoms with E-state index in [0.717, 1.165) is 37.4 Å². The van der Waals surface area contributed by atoms with Crippen molar-refractivity contribution in [1.82, 2.24) is 4.98 Å². The molecule has 0 aromatic carbocycles. The lowest BCUT2D eigenvalue weighted by Crippen LogP contribution is -2.50. The van der Waals surface area contributed by atoms with E-state index in [9.17, 15) is 4.79 Å². The molecule has 0 bridgehead atoms. The zero-order valence-corrected chi connectivity index (χ0v) is 11.9. The van der Waals surface area contributed by atoms with Crippen LogP contribution in [0.4, 0.5) is 11.5 Å². The van der Waals surface area contributed by atoms with E-state index in [4.69, 9.17) is 5.73 Å². The van der Waals surface area contributed by atoms with Gasteiger partial charge in [0.1, 0.15) is 0 Å². The number of nitrogens with one attached hydrogen (secondary N) is 1. The zero-order chi connectivity index (χ0) is 14.2. The van der Waals surface area contributed by atoms with Gasteiger partial charge in [0.05, 0.1) is 11.2 Å². The zero-order valence-electron chi connectivity index (χ0n) is 11.9. The first-order chi connectivity index (χ1) is 9.59. The minimum Gasteiger partial charge on any atom is -0.355 e. The Morgan fingerprint density at radius 2 is 2.15 bits per heavy atom. The van der Waals surface area contributed by atoms with Gasteiger partial charge in [0.2, 0.25) is 5.91 Å². The topological polar surface area (TPSA) is 71.2 Å². The van der Waals surface area contributed by atoms with E-state index in [1.165, 1.54) is 12.8 Å². The Labute approximate surface area is 119 Å². The molecule has 5 heteroatoms. The summed E-state index contributed by atoms with van der Waals surface area (Å²) in [5.41, 5.74) is 6.17. The Balaban J connectivity index is 1.78. The summed E-state index contributed by atoms with van der Waals surface area (Å²) in [6.07, 6.45) is 6.23. The van der Waals surface area contributed by atoms with Crippen molar-refractivity contribution in [2.24, 2.45) is 11.7 Å². The first kappa shape index (κ1) is 13.4. The smallest absolute Gasteiger partial charge is 0.244 e. The van der Waals surface area contributed by atoms with Crippen LogP contribution in [0.5, 0.6) is 0 Å². The maximum Gasteiger partial charge on any atom is 0.244 e. The number of carbonyl (C=O) groups excluding carboxylic acids is 1. The second-order valence-electron chi connectivity index (χ2n) is 6.08. The normalized spacial score (nSPS) is 21.6. The predicted molar refractivity (Wildman–Crippen MR) is 79.6 cm³/mol. The number of hydrogen-bond acceptors (Lipinski definition) is 4. The van der Waals surface area contributed by atoms with Gasteiger partial charge in [-0.05, 0) is 50.7 Å². The van der Waals surface area contributed by atoms with Crippen LogP contribution in [0.15, 0.2) is 18.3 Å².